The van der Waals surface area contributed by atoms with Gasteiger partial charge in [-0.1, -0.05) is 183 Å². The number of anilines is 3. The lowest BCUT2D eigenvalue weighted by Gasteiger charge is -2.35. The number of aromatic nitrogens is 1. The normalized spacial score (nSPS) is 18.4. The molecule has 8 aromatic rings. The van der Waals surface area contributed by atoms with Gasteiger partial charge in [-0.3, -0.25) is 0 Å². The van der Waals surface area contributed by atoms with Crippen LogP contribution in [-0.4, -0.2) is 18.7 Å². The molecule has 4 aliphatic rings. The van der Waals surface area contributed by atoms with E-state index in [1.54, 1.807) is 0 Å². The second-order valence-corrected chi connectivity index (χ2v) is 21.0. The third kappa shape index (κ3) is 5.87. The Morgan fingerprint density at radius 1 is 0.594 bits per heavy atom. The number of allylic oxidation sites excluding steroid dienone is 9. The molecule has 4 heteroatoms. The van der Waals surface area contributed by atoms with E-state index in [0.29, 0.717) is 5.92 Å². The summed E-state index contributed by atoms with van der Waals surface area (Å²) in [7, 11) is -2.73. The summed E-state index contributed by atoms with van der Waals surface area (Å²) in [6, 6.07) is 65.6. The van der Waals surface area contributed by atoms with Gasteiger partial charge in [0.15, 0.2) is 8.07 Å². The van der Waals surface area contributed by atoms with Gasteiger partial charge in [-0.15, -0.1) is 0 Å². The number of fused-ring (bicyclic) bond motifs is 9. The molecular formula is C60H47N3Si. The first-order chi connectivity index (χ1) is 31.7. The van der Waals surface area contributed by atoms with Crippen LogP contribution in [0.2, 0.25) is 0 Å². The van der Waals surface area contributed by atoms with Gasteiger partial charge in [-0.25, -0.2) is 0 Å². The predicted molar refractivity (Wildman–Crippen MR) is 274 cm³/mol. The maximum Gasteiger partial charge on any atom is 0.179 e. The van der Waals surface area contributed by atoms with E-state index in [9.17, 15) is 0 Å². The van der Waals surface area contributed by atoms with E-state index in [0.717, 1.165) is 23.5 Å². The molecule has 3 atom stereocenters. The van der Waals surface area contributed by atoms with Gasteiger partial charge in [0, 0.05) is 57.3 Å². The van der Waals surface area contributed by atoms with Gasteiger partial charge in [-0.2, -0.15) is 0 Å². The molecule has 3 nitrogen and oxygen atoms in total. The van der Waals surface area contributed by atoms with Crippen LogP contribution in [0.25, 0.3) is 28.0 Å². The van der Waals surface area contributed by atoms with Crippen LogP contribution in [0.5, 0.6) is 0 Å². The largest absolute Gasteiger partial charge is 0.336 e. The van der Waals surface area contributed by atoms with Crippen LogP contribution in [0, 0.1) is 0 Å². The highest BCUT2D eigenvalue weighted by molar-refractivity contribution is 7.19. The second kappa shape index (κ2) is 15.6. The zero-order valence-corrected chi connectivity index (χ0v) is 36.6. The summed E-state index contributed by atoms with van der Waals surface area (Å²) >= 11 is 0. The topological polar surface area (TPSA) is 11.4 Å². The molecule has 0 saturated carbocycles. The van der Waals surface area contributed by atoms with Crippen molar-refractivity contribution in [3.8, 4) is 0 Å². The summed E-state index contributed by atoms with van der Waals surface area (Å²) < 4.78 is 2.31. The molecule has 0 N–H and O–H groups in total. The Hall–Kier alpha value is -7.66. The fourth-order valence-electron chi connectivity index (χ4n) is 11.3. The summed E-state index contributed by atoms with van der Waals surface area (Å²) in [6.45, 7) is 4.49. The Morgan fingerprint density at radius 3 is 1.78 bits per heavy atom. The first kappa shape index (κ1) is 38.0. The number of rotatable bonds is 10. The predicted octanol–water partition coefficient (Wildman–Crippen LogP) is 11.9. The van der Waals surface area contributed by atoms with E-state index in [1.165, 1.54) is 65.1 Å². The summed E-state index contributed by atoms with van der Waals surface area (Å²) in [4.78, 5) is 5.06. The lowest BCUT2D eigenvalue weighted by atomic mass is 9.84. The van der Waals surface area contributed by atoms with Crippen molar-refractivity contribution in [3.63, 3.8) is 0 Å². The smallest absolute Gasteiger partial charge is 0.179 e. The van der Waals surface area contributed by atoms with E-state index >= 15 is 0 Å². The molecule has 3 unspecified atom stereocenters. The van der Waals surface area contributed by atoms with Crippen molar-refractivity contribution < 1.29 is 0 Å². The molecule has 1 aromatic heterocycles. The van der Waals surface area contributed by atoms with Gasteiger partial charge < -0.3 is 14.4 Å². The Morgan fingerprint density at radius 2 is 1.16 bits per heavy atom. The molecular weight excluding hydrogens is 791 g/mol. The third-order valence-corrected chi connectivity index (χ3v) is 18.8. The number of hydrogen-bond donors (Lipinski definition) is 0. The fraction of sp³-hybridized carbons (Fsp3) is 0.0667. The Balaban J connectivity index is 1.05. The minimum absolute atomic E-state index is 0.274. The number of benzene rings is 7. The third-order valence-electron chi connectivity index (χ3n) is 14.0. The lowest BCUT2D eigenvalue weighted by molar-refractivity contribution is 0.689. The molecule has 3 heterocycles. The number of nitrogens with zero attached hydrogens (tertiary/aromatic N) is 3. The van der Waals surface area contributed by atoms with E-state index in [4.69, 9.17) is 0 Å². The van der Waals surface area contributed by atoms with Gasteiger partial charge in [0.05, 0.1) is 17.1 Å². The monoisotopic (exact) mass is 837 g/mol. The zero-order chi connectivity index (χ0) is 42.6. The molecule has 2 aliphatic carbocycles. The van der Waals surface area contributed by atoms with Crippen molar-refractivity contribution in [1.29, 1.82) is 0 Å². The lowest BCUT2D eigenvalue weighted by Crippen LogP contribution is -2.74. The van der Waals surface area contributed by atoms with Gasteiger partial charge in [0.1, 0.15) is 0 Å². The van der Waals surface area contributed by atoms with Crippen molar-refractivity contribution in [1.82, 2.24) is 4.57 Å². The summed E-state index contributed by atoms with van der Waals surface area (Å²) in [5.74, 6) is 0.597. The highest BCUT2D eigenvalue weighted by Crippen LogP contribution is 2.59. The molecule has 2 aliphatic heterocycles. The average molecular weight is 838 g/mol. The van der Waals surface area contributed by atoms with E-state index in [2.05, 4.69) is 258 Å². The van der Waals surface area contributed by atoms with Gasteiger partial charge in [0.25, 0.3) is 0 Å². The van der Waals surface area contributed by atoms with Crippen molar-refractivity contribution in [2.75, 3.05) is 9.80 Å². The first-order valence-electron chi connectivity index (χ1n) is 22.5. The maximum atomic E-state index is 4.49. The molecule has 0 spiro atoms. The highest BCUT2D eigenvalue weighted by Gasteiger charge is 2.48. The van der Waals surface area contributed by atoms with Crippen molar-refractivity contribution >= 4 is 73.9 Å². The zero-order valence-electron chi connectivity index (χ0n) is 35.6. The van der Waals surface area contributed by atoms with Crippen LogP contribution in [-0.2, 0) is 0 Å². The highest BCUT2D eigenvalue weighted by atomic mass is 28.3. The molecule has 7 aromatic carbocycles. The van der Waals surface area contributed by atoms with E-state index in [1.807, 2.05) is 6.08 Å². The van der Waals surface area contributed by atoms with Crippen molar-refractivity contribution in [2.24, 2.45) is 0 Å². The molecule has 306 valence electrons. The molecule has 0 bridgehead atoms. The SMILES string of the molecule is C=C/C(=C\C=C\n1c2ccccc2c2ccccc21)N(c1ccc([Si](c2ccccc2)(c2ccccc2)c2ccccc2)cc1)c1cc2c3c(c1)C1C=CC=CC1N3C1=CC=CCC12. The van der Waals surface area contributed by atoms with Crippen LogP contribution in [0.4, 0.5) is 17.1 Å². The minimum Gasteiger partial charge on any atom is -0.336 e. The summed E-state index contributed by atoms with van der Waals surface area (Å²) in [6.07, 6.45) is 25.8. The summed E-state index contributed by atoms with van der Waals surface area (Å²) in [5.41, 5.74) is 11.2. The molecule has 0 radical (unpaired) electrons. The Kier molecular flexibility index (Phi) is 9.27. The van der Waals surface area contributed by atoms with Gasteiger partial charge >= 0.3 is 0 Å². The summed E-state index contributed by atoms with van der Waals surface area (Å²) in [5, 5.41) is 7.92. The molecule has 0 amide bonds. The van der Waals surface area contributed by atoms with Crippen LogP contribution >= 0.6 is 0 Å². The Labute approximate surface area is 376 Å². The van der Waals surface area contributed by atoms with E-state index < -0.39 is 8.07 Å². The van der Waals surface area contributed by atoms with Crippen LogP contribution in [0.1, 0.15) is 29.4 Å². The average Bonchev–Trinajstić information content (AvgIpc) is 4.00. The van der Waals surface area contributed by atoms with Crippen molar-refractivity contribution in [2.45, 2.75) is 24.3 Å². The van der Waals surface area contributed by atoms with Crippen LogP contribution in [0.15, 0.2) is 255 Å². The fourth-order valence-corrected chi connectivity index (χ4v) is 16.0. The van der Waals surface area contributed by atoms with Crippen LogP contribution in [0.3, 0.4) is 0 Å². The minimum atomic E-state index is -2.73. The van der Waals surface area contributed by atoms with Gasteiger partial charge in [-0.05, 0) is 99.0 Å². The molecule has 12 rings (SSSR count). The maximum absolute atomic E-state index is 4.49. The quantitative estimate of drug-likeness (QED) is 0.0772. The standard InChI is InChI=1S/C60H47N3Si/c1-2-43(21-20-40-61-56-32-16-12-28-50(56)51-29-13-17-33-57(51)61)62(45-41-54-52-30-14-18-34-58(52)63-59-35-19-15-31-53(59)55(42-45)60(54)63)44-36-38-49(39-37-44)64(46-22-6-3-7-23-46,47-24-8-4-9-25-47)48-26-10-5-11-27-48/h2-30,32-42,52-53,58H,1,31H2/b40-20+,43-21+. The second-order valence-electron chi connectivity index (χ2n) is 17.2. The molecule has 0 fully saturated rings. The van der Waals surface area contributed by atoms with Crippen LogP contribution < -0.4 is 30.5 Å². The molecule has 0 saturated heterocycles. The van der Waals surface area contributed by atoms with Gasteiger partial charge in [0.2, 0.25) is 0 Å². The molecule has 64 heavy (non-hydrogen) atoms. The number of hydrogen-bond acceptors (Lipinski definition) is 2. The Bertz CT molecular complexity index is 3130. The first-order valence-corrected chi connectivity index (χ1v) is 24.5. The van der Waals surface area contributed by atoms with E-state index in [-0.39, 0.29) is 12.0 Å². The van der Waals surface area contributed by atoms with Crippen molar-refractivity contribution in [3.05, 3.63) is 266 Å². The number of para-hydroxylation sites is 2.